The van der Waals surface area contributed by atoms with Crippen LogP contribution in [0.1, 0.15) is 61.3 Å². The Bertz CT molecular complexity index is 674. The average Bonchev–Trinajstić information content (AvgIpc) is 3.11. The van der Waals surface area contributed by atoms with Gasteiger partial charge in [0.1, 0.15) is 17.3 Å². The van der Waals surface area contributed by atoms with Crippen LogP contribution < -0.4 is 10.6 Å². The topological polar surface area (TPSA) is 75.6 Å². The van der Waals surface area contributed by atoms with E-state index in [1.165, 1.54) is 0 Å². The Balaban J connectivity index is 0.00000312. The Morgan fingerprint density at radius 3 is 2.48 bits per heavy atom. The van der Waals surface area contributed by atoms with E-state index in [4.69, 9.17) is 13.9 Å². The molecular formula is C18H29IN4O2. The molecule has 0 aliphatic carbocycles. The standard InChI is InChI=1S/C18H28N4O2.HI/c1-7-19-18(21-13(4)16-9-8-12(3)23-16)20-10-11(2)17-14(5)22-24-15(17)6;/h8-9,11,13H,7,10H2,1-6H3,(H2,19,20,21);1H. The number of nitrogens with one attached hydrogen (secondary N) is 2. The van der Waals surface area contributed by atoms with Crippen LogP contribution in [-0.4, -0.2) is 24.2 Å². The summed E-state index contributed by atoms with van der Waals surface area (Å²) >= 11 is 0. The number of hydrogen-bond donors (Lipinski definition) is 2. The molecule has 0 amide bonds. The van der Waals surface area contributed by atoms with Crippen LogP contribution >= 0.6 is 24.0 Å². The SMILES string of the molecule is CCNC(=NCC(C)c1c(C)noc1C)NC(C)c1ccc(C)o1.I. The van der Waals surface area contributed by atoms with E-state index in [0.717, 1.165) is 41.0 Å². The van der Waals surface area contributed by atoms with E-state index in [1.54, 1.807) is 0 Å². The van der Waals surface area contributed by atoms with E-state index in [-0.39, 0.29) is 35.9 Å². The predicted molar refractivity (Wildman–Crippen MR) is 111 cm³/mol. The number of hydrogen-bond acceptors (Lipinski definition) is 4. The molecule has 2 N–H and O–H groups in total. The second-order valence-electron chi connectivity index (χ2n) is 6.17. The van der Waals surface area contributed by atoms with Gasteiger partial charge in [-0.05, 0) is 46.8 Å². The normalized spacial score (nSPS) is 13.9. The number of nitrogens with zero attached hydrogens (tertiary/aromatic N) is 2. The summed E-state index contributed by atoms with van der Waals surface area (Å²) in [5.74, 6) is 3.70. The van der Waals surface area contributed by atoms with Gasteiger partial charge < -0.3 is 19.6 Å². The van der Waals surface area contributed by atoms with Crippen LogP contribution in [0.3, 0.4) is 0 Å². The van der Waals surface area contributed by atoms with Gasteiger partial charge in [0.05, 0.1) is 11.7 Å². The molecule has 0 aliphatic rings. The third kappa shape index (κ3) is 5.76. The lowest BCUT2D eigenvalue weighted by Gasteiger charge is -2.17. The van der Waals surface area contributed by atoms with E-state index in [0.29, 0.717) is 6.54 Å². The number of aliphatic imine (C=N–C) groups is 1. The molecule has 7 heteroatoms. The van der Waals surface area contributed by atoms with Crippen LogP contribution in [0.2, 0.25) is 0 Å². The second kappa shape index (κ2) is 9.84. The van der Waals surface area contributed by atoms with Gasteiger partial charge in [-0.2, -0.15) is 0 Å². The van der Waals surface area contributed by atoms with Crippen molar-refractivity contribution < 1.29 is 8.94 Å². The summed E-state index contributed by atoms with van der Waals surface area (Å²) in [6.45, 7) is 13.6. The fourth-order valence-electron chi connectivity index (χ4n) is 2.80. The van der Waals surface area contributed by atoms with Gasteiger partial charge >= 0.3 is 0 Å². The first-order valence-electron chi connectivity index (χ1n) is 8.46. The van der Waals surface area contributed by atoms with Crippen LogP contribution in [0.25, 0.3) is 0 Å². The molecule has 2 atom stereocenters. The summed E-state index contributed by atoms with van der Waals surface area (Å²) in [7, 11) is 0. The quantitative estimate of drug-likeness (QED) is 0.384. The lowest BCUT2D eigenvalue weighted by atomic mass is 10.00. The fraction of sp³-hybridized carbons (Fsp3) is 0.556. The van der Waals surface area contributed by atoms with Crippen molar-refractivity contribution in [2.45, 2.75) is 53.5 Å². The predicted octanol–water partition coefficient (Wildman–Crippen LogP) is 4.23. The van der Waals surface area contributed by atoms with Gasteiger partial charge in [-0.1, -0.05) is 12.1 Å². The third-order valence-electron chi connectivity index (χ3n) is 3.99. The zero-order chi connectivity index (χ0) is 17.7. The first kappa shape index (κ1) is 21.5. The summed E-state index contributed by atoms with van der Waals surface area (Å²) in [6, 6.07) is 4.01. The molecule has 0 saturated carbocycles. The van der Waals surface area contributed by atoms with Gasteiger partial charge in [0.2, 0.25) is 0 Å². The van der Waals surface area contributed by atoms with Gasteiger partial charge in [-0.15, -0.1) is 24.0 Å². The van der Waals surface area contributed by atoms with Crippen LogP contribution in [0.15, 0.2) is 26.1 Å². The highest BCUT2D eigenvalue weighted by Crippen LogP contribution is 2.23. The molecule has 2 unspecified atom stereocenters. The van der Waals surface area contributed by atoms with Crippen LogP contribution in [-0.2, 0) is 0 Å². The molecule has 0 radical (unpaired) electrons. The molecule has 0 spiro atoms. The van der Waals surface area contributed by atoms with Crippen molar-refractivity contribution >= 4 is 29.9 Å². The molecule has 2 rings (SSSR count). The molecule has 6 nitrogen and oxygen atoms in total. The molecule has 0 aliphatic heterocycles. The Hall–Kier alpha value is -1.51. The van der Waals surface area contributed by atoms with Crippen LogP contribution in [0.5, 0.6) is 0 Å². The van der Waals surface area contributed by atoms with Crippen molar-refractivity contribution in [2.24, 2.45) is 4.99 Å². The highest BCUT2D eigenvalue weighted by Gasteiger charge is 2.17. The van der Waals surface area contributed by atoms with Crippen molar-refractivity contribution in [2.75, 3.05) is 13.1 Å². The van der Waals surface area contributed by atoms with Gasteiger partial charge in [0.25, 0.3) is 0 Å². The minimum Gasteiger partial charge on any atom is -0.464 e. The van der Waals surface area contributed by atoms with Gasteiger partial charge in [-0.25, -0.2) is 0 Å². The lowest BCUT2D eigenvalue weighted by Crippen LogP contribution is -2.38. The summed E-state index contributed by atoms with van der Waals surface area (Å²) in [4.78, 5) is 4.71. The van der Waals surface area contributed by atoms with E-state index >= 15 is 0 Å². The van der Waals surface area contributed by atoms with Crippen molar-refractivity contribution in [3.05, 3.63) is 40.7 Å². The molecule has 0 fully saturated rings. The summed E-state index contributed by atoms with van der Waals surface area (Å²) in [5.41, 5.74) is 2.08. The largest absolute Gasteiger partial charge is 0.464 e. The summed E-state index contributed by atoms with van der Waals surface area (Å²) in [6.07, 6.45) is 0. The van der Waals surface area contributed by atoms with E-state index < -0.39 is 0 Å². The monoisotopic (exact) mass is 460 g/mol. The maximum Gasteiger partial charge on any atom is 0.191 e. The molecule has 0 aromatic carbocycles. The van der Waals surface area contributed by atoms with Crippen molar-refractivity contribution in [1.29, 1.82) is 0 Å². The van der Waals surface area contributed by atoms with Crippen molar-refractivity contribution in [3.8, 4) is 0 Å². The van der Waals surface area contributed by atoms with Gasteiger partial charge in [-0.3, -0.25) is 4.99 Å². The summed E-state index contributed by atoms with van der Waals surface area (Å²) in [5, 5.41) is 10.7. The maximum atomic E-state index is 5.67. The zero-order valence-electron chi connectivity index (χ0n) is 15.8. The fourth-order valence-corrected chi connectivity index (χ4v) is 2.80. The highest BCUT2D eigenvalue weighted by atomic mass is 127. The van der Waals surface area contributed by atoms with E-state index in [9.17, 15) is 0 Å². The van der Waals surface area contributed by atoms with Crippen LogP contribution in [0, 0.1) is 20.8 Å². The van der Waals surface area contributed by atoms with E-state index in [1.807, 2.05) is 32.9 Å². The molecule has 0 bridgehead atoms. The molecule has 140 valence electrons. The first-order valence-corrected chi connectivity index (χ1v) is 8.46. The molecule has 25 heavy (non-hydrogen) atoms. The second-order valence-corrected chi connectivity index (χ2v) is 6.17. The number of rotatable bonds is 6. The van der Waals surface area contributed by atoms with Gasteiger partial charge in [0.15, 0.2) is 5.96 Å². The number of guanidine groups is 1. The number of aryl methyl sites for hydroxylation is 3. The summed E-state index contributed by atoms with van der Waals surface area (Å²) < 4.78 is 10.9. The first-order chi connectivity index (χ1) is 11.4. The Labute approximate surface area is 166 Å². The van der Waals surface area contributed by atoms with E-state index in [2.05, 4.69) is 36.6 Å². The minimum atomic E-state index is 0. The van der Waals surface area contributed by atoms with Gasteiger partial charge in [0, 0.05) is 24.6 Å². The average molecular weight is 460 g/mol. The molecule has 0 saturated heterocycles. The minimum absolute atomic E-state index is 0. The van der Waals surface area contributed by atoms with Crippen molar-refractivity contribution in [3.63, 3.8) is 0 Å². The Morgan fingerprint density at radius 1 is 1.24 bits per heavy atom. The smallest absolute Gasteiger partial charge is 0.191 e. The van der Waals surface area contributed by atoms with Crippen molar-refractivity contribution in [1.82, 2.24) is 15.8 Å². The Morgan fingerprint density at radius 2 is 1.96 bits per heavy atom. The molecule has 2 heterocycles. The molecule has 2 aromatic rings. The zero-order valence-corrected chi connectivity index (χ0v) is 18.2. The third-order valence-corrected chi connectivity index (χ3v) is 3.99. The molecular weight excluding hydrogens is 431 g/mol. The number of halogens is 1. The number of furan rings is 1. The lowest BCUT2D eigenvalue weighted by molar-refractivity contribution is 0.391. The van der Waals surface area contributed by atoms with Crippen LogP contribution in [0.4, 0.5) is 0 Å². The maximum absolute atomic E-state index is 5.67. The molecule has 2 aromatic heterocycles. The Kier molecular flexibility index (Phi) is 8.47. The number of aromatic nitrogens is 1. The highest BCUT2D eigenvalue weighted by molar-refractivity contribution is 14.0.